The zero-order valence-corrected chi connectivity index (χ0v) is 23.4. The second kappa shape index (κ2) is 12.3. The average Bonchev–Trinajstić information content (AvgIpc) is 2.72. The van der Waals surface area contributed by atoms with E-state index in [0.29, 0.717) is 0 Å². The Morgan fingerprint density at radius 3 is 1.36 bits per heavy atom. The van der Waals surface area contributed by atoms with Crippen LogP contribution in [-0.4, -0.2) is 71.6 Å². The summed E-state index contributed by atoms with van der Waals surface area (Å²) in [5.41, 5.74) is 0. The van der Waals surface area contributed by atoms with E-state index in [4.69, 9.17) is 0 Å². The van der Waals surface area contributed by atoms with Crippen LogP contribution >= 0.6 is 21.6 Å². The topological polar surface area (TPSA) is 40.5 Å². The summed E-state index contributed by atoms with van der Waals surface area (Å²) in [6, 6.07) is 0. The van der Waals surface area contributed by atoms with Gasteiger partial charge in [-0.3, -0.25) is 0 Å². The molecule has 2 N–H and O–H groups in total. The van der Waals surface area contributed by atoms with Crippen LogP contribution in [0.1, 0.15) is 86.5 Å². The van der Waals surface area contributed by atoms with Gasteiger partial charge in [0, 0.05) is 0 Å². The quantitative estimate of drug-likeness (QED) is 0.173. The summed E-state index contributed by atoms with van der Waals surface area (Å²) in [7, 11) is -1.81. The first-order valence-corrected chi connectivity index (χ1v) is 20.2. The molecule has 1 atom stereocenters. The van der Waals surface area contributed by atoms with E-state index < -0.39 is 21.6 Å². The first kappa shape index (κ1) is 29.2. The summed E-state index contributed by atoms with van der Waals surface area (Å²) < 4.78 is 0. The van der Waals surface area contributed by atoms with E-state index in [9.17, 15) is 9.79 Å². The molecule has 0 aromatic heterocycles. The monoisotopic (exact) mass is 456 g/mol. The van der Waals surface area contributed by atoms with Gasteiger partial charge in [0.1, 0.15) is 0 Å². The molecule has 1 unspecified atom stereocenters. The summed E-state index contributed by atoms with van der Waals surface area (Å²) in [4.78, 5) is 20.4. The van der Waals surface area contributed by atoms with Crippen molar-refractivity contribution in [3.05, 3.63) is 0 Å². The molecule has 0 fully saturated rings. The van der Waals surface area contributed by atoms with Crippen LogP contribution in [0.25, 0.3) is 0 Å². The number of hydrogen-bond acceptors (Lipinski definition) is 2. The van der Waals surface area contributed by atoms with Crippen LogP contribution in [0, 0.1) is 0 Å². The molecular formula is C23H55O2P3. The number of hydrogen-bond donors (Lipinski definition) is 2. The van der Waals surface area contributed by atoms with Gasteiger partial charge in [-0.05, 0) is 0 Å². The minimum atomic E-state index is -1.99. The van der Waals surface area contributed by atoms with E-state index in [1.54, 1.807) is 0 Å². The Balaban J connectivity index is 4.38. The molecule has 0 aromatic carbocycles. The third-order valence-electron chi connectivity index (χ3n) is 9.56. The zero-order valence-electron chi connectivity index (χ0n) is 20.7. The number of rotatable bonds is 17. The van der Waals surface area contributed by atoms with Crippen molar-refractivity contribution >= 4 is 21.6 Å². The van der Waals surface area contributed by atoms with Gasteiger partial charge in [-0.15, -0.1) is 0 Å². The van der Waals surface area contributed by atoms with Crippen molar-refractivity contribution in [1.82, 2.24) is 0 Å². The van der Waals surface area contributed by atoms with Crippen LogP contribution in [-0.2, 0) is 0 Å². The Morgan fingerprint density at radius 1 is 0.607 bits per heavy atom. The van der Waals surface area contributed by atoms with Crippen molar-refractivity contribution in [1.29, 1.82) is 0 Å². The molecule has 0 saturated heterocycles. The van der Waals surface area contributed by atoms with E-state index in [0.717, 1.165) is 24.9 Å². The summed E-state index contributed by atoms with van der Waals surface area (Å²) in [6.07, 6.45) is 18.1. The molecule has 0 bridgehead atoms. The Labute approximate surface area is 179 Å². The van der Waals surface area contributed by atoms with Gasteiger partial charge < -0.3 is 0 Å². The van der Waals surface area contributed by atoms with E-state index in [1.165, 1.54) is 63.2 Å². The van der Waals surface area contributed by atoms with Crippen molar-refractivity contribution in [2.45, 2.75) is 91.9 Å². The zero-order chi connectivity index (χ0) is 21.9. The van der Waals surface area contributed by atoms with Crippen LogP contribution in [0.4, 0.5) is 0 Å². The molecule has 28 heavy (non-hydrogen) atoms. The summed E-state index contributed by atoms with van der Waals surface area (Å²) >= 11 is 0. The van der Waals surface area contributed by atoms with Gasteiger partial charge >= 0.3 is 180 Å². The number of unbranched alkanes of at least 4 members (excludes halogenated alkanes) is 5. The minimum absolute atomic E-state index is 0.172. The molecule has 0 aromatic rings. The van der Waals surface area contributed by atoms with Crippen molar-refractivity contribution in [3.63, 3.8) is 0 Å². The van der Waals surface area contributed by atoms with Crippen LogP contribution in [0.15, 0.2) is 0 Å². The Bertz CT molecular complexity index is 410. The fourth-order valence-electron chi connectivity index (χ4n) is 4.93. The second-order valence-corrected chi connectivity index (χ2v) is 27.0. The van der Waals surface area contributed by atoms with Crippen molar-refractivity contribution < 1.29 is 9.79 Å². The molecular weight excluding hydrogens is 401 g/mol. The van der Waals surface area contributed by atoms with Gasteiger partial charge in [-0.2, -0.15) is 0 Å². The maximum absolute atomic E-state index is 10.2. The van der Waals surface area contributed by atoms with E-state index in [-0.39, 0.29) is 5.40 Å². The second-order valence-electron chi connectivity index (χ2n) is 10.4. The molecule has 0 saturated carbocycles. The molecule has 0 aliphatic carbocycles. The Kier molecular flexibility index (Phi) is 12.8. The average molecular weight is 457 g/mol. The maximum atomic E-state index is 10.2. The van der Waals surface area contributed by atoms with E-state index in [1.807, 2.05) is 0 Å². The molecule has 0 aliphatic rings. The van der Waals surface area contributed by atoms with Crippen molar-refractivity contribution in [3.8, 4) is 0 Å². The third-order valence-corrected chi connectivity index (χ3v) is 28.6. The van der Waals surface area contributed by atoms with Crippen molar-refractivity contribution in [2.24, 2.45) is 0 Å². The van der Waals surface area contributed by atoms with E-state index in [2.05, 4.69) is 54.9 Å². The van der Waals surface area contributed by atoms with Gasteiger partial charge in [-0.1, -0.05) is 0 Å². The van der Waals surface area contributed by atoms with Gasteiger partial charge in [0.2, 0.25) is 0 Å². The van der Waals surface area contributed by atoms with Crippen LogP contribution in [0.3, 0.4) is 0 Å². The molecule has 5 heteroatoms. The predicted octanol–water partition coefficient (Wildman–Crippen LogP) is 7.83. The molecule has 2 nitrogen and oxygen atoms in total. The summed E-state index contributed by atoms with van der Waals surface area (Å²) in [5.74, 6) is 0. The van der Waals surface area contributed by atoms with Gasteiger partial charge in [0.25, 0.3) is 0 Å². The first-order chi connectivity index (χ1) is 13.0. The van der Waals surface area contributed by atoms with Gasteiger partial charge in [0.05, 0.1) is 0 Å². The standard InChI is InChI=1S/C23H55O2P3/c1-9-27(7,10-2,11-3)22-20-18-16-15-17-19-21-23(26(24)25)28(8,12-4,13-5)14-6/h23-25H,9-22H2,1-8H3. The molecule has 0 radical (unpaired) electrons. The normalized spacial score (nSPS) is 17.1. The van der Waals surface area contributed by atoms with Crippen molar-refractivity contribution in [2.75, 3.05) is 56.5 Å². The summed E-state index contributed by atoms with van der Waals surface area (Å²) in [6.45, 7) is 15.8. The Hall–Kier alpha value is 1.21. The Morgan fingerprint density at radius 2 is 1.00 bits per heavy atom. The van der Waals surface area contributed by atoms with Crippen LogP contribution in [0.5, 0.6) is 0 Å². The van der Waals surface area contributed by atoms with Crippen LogP contribution < -0.4 is 0 Å². The fourth-order valence-corrected chi connectivity index (χ4v) is 16.5. The van der Waals surface area contributed by atoms with Gasteiger partial charge in [-0.25, -0.2) is 0 Å². The van der Waals surface area contributed by atoms with Crippen LogP contribution in [0.2, 0.25) is 0 Å². The first-order valence-electron chi connectivity index (χ1n) is 12.2. The molecule has 0 amide bonds. The molecule has 174 valence electrons. The SMILES string of the molecule is CCP(C)(CC)(CC)CCCCCCCCC(P(O)O)P(C)(CC)(CC)CC. The summed E-state index contributed by atoms with van der Waals surface area (Å²) in [5, 5.41) is 0.172. The predicted molar refractivity (Wildman–Crippen MR) is 141 cm³/mol. The fraction of sp³-hybridized carbons (Fsp3) is 1.00. The van der Waals surface area contributed by atoms with Gasteiger partial charge in [0.15, 0.2) is 0 Å². The van der Waals surface area contributed by atoms with E-state index >= 15 is 0 Å². The third kappa shape index (κ3) is 7.41. The molecule has 0 spiro atoms. The molecule has 0 rings (SSSR count). The molecule has 0 aliphatic heterocycles. The molecule has 0 heterocycles.